The van der Waals surface area contributed by atoms with E-state index in [-0.39, 0.29) is 16.9 Å². The zero-order valence-electron chi connectivity index (χ0n) is 11.6. The highest BCUT2D eigenvalue weighted by atomic mass is 35.5. The Morgan fingerprint density at radius 3 is 2.95 bits per heavy atom. The summed E-state index contributed by atoms with van der Waals surface area (Å²) in [6, 6.07) is 5.44. The van der Waals surface area contributed by atoms with E-state index < -0.39 is 0 Å². The summed E-state index contributed by atoms with van der Waals surface area (Å²) in [7, 11) is 4.04. The molecule has 1 N–H and O–H groups in total. The molecule has 0 amide bonds. The van der Waals surface area contributed by atoms with Crippen molar-refractivity contribution in [3.05, 3.63) is 34.6 Å². The van der Waals surface area contributed by atoms with Crippen LogP contribution in [0.4, 0.5) is 4.39 Å². The van der Waals surface area contributed by atoms with Gasteiger partial charge in [0.1, 0.15) is 5.82 Å². The summed E-state index contributed by atoms with van der Waals surface area (Å²) in [6.45, 7) is 1.91. The van der Waals surface area contributed by atoms with Gasteiger partial charge < -0.3 is 5.32 Å². The van der Waals surface area contributed by atoms with Gasteiger partial charge in [0.25, 0.3) is 0 Å². The third-order valence-electron chi connectivity index (χ3n) is 4.02. The van der Waals surface area contributed by atoms with Crippen molar-refractivity contribution in [1.82, 2.24) is 10.2 Å². The maximum Gasteiger partial charge on any atom is 0.146 e. The van der Waals surface area contributed by atoms with Crippen molar-refractivity contribution in [3.63, 3.8) is 0 Å². The maximum absolute atomic E-state index is 14.3. The van der Waals surface area contributed by atoms with E-state index in [0.29, 0.717) is 5.92 Å². The average Bonchev–Trinajstić information content (AvgIpc) is 2.56. The number of hydrogen-bond donors (Lipinski definition) is 1. The van der Waals surface area contributed by atoms with Crippen molar-refractivity contribution in [2.24, 2.45) is 5.92 Å². The Kier molecular flexibility index (Phi) is 5.20. The molecule has 0 aliphatic carbocycles. The van der Waals surface area contributed by atoms with Crippen LogP contribution in [0.2, 0.25) is 5.02 Å². The summed E-state index contributed by atoms with van der Waals surface area (Å²) in [4.78, 5) is 2.27. The van der Waals surface area contributed by atoms with Crippen LogP contribution in [0.25, 0.3) is 0 Å². The van der Waals surface area contributed by atoms with E-state index in [1.54, 1.807) is 6.07 Å². The van der Waals surface area contributed by atoms with Crippen LogP contribution in [0.5, 0.6) is 0 Å². The Morgan fingerprint density at radius 1 is 1.42 bits per heavy atom. The predicted octanol–water partition coefficient (Wildman–Crippen LogP) is 3.47. The third-order valence-corrected chi connectivity index (χ3v) is 4.32. The lowest BCUT2D eigenvalue weighted by molar-refractivity contribution is 0.186. The highest BCUT2D eigenvalue weighted by Crippen LogP contribution is 2.36. The molecule has 1 heterocycles. The zero-order chi connectivity index (χ0) is 13.8. The smallest absolute Gasteiger partial charge is 0.146 e. The van der Waals surface area contributed by atoms with Gasteiger partial charge in [-0.3, -0.25) is 4.90 Å². The van der Waals surface area contributed by atoms with Crippen LogP contribution in [0.1, 0.15) is 30.9 Å². The summed E-state index contributed by atoms with van der Waals surface area (Å²) in [6.07, 6.45) is 3.51. The summed E-state index contributed by atoms with van der Waals surface area (Å²) in [5.41, 5.74) is 0.733. The van der Waals surface area contributed by atoms with Crippen molar-refractivity contribution < 1.29 is 4.39 Å². The van der Waals surface area contributed by atoms with E-state index in [1.165, 1.54) is 12.8 Å². The molecule has 2 atom stereocenters. The van der Waals surface area contributed by atoms with Crippen molar-refractivity contribution in [1.29, 1.82) is 0 Å². The molecule has 1 fully saturated rings. The minimum atomic E-state index is -0.260. The third kappa shape index (κ3) is 3.28. The predicted molar refractivity (Wildman–Crippen MR) is 78.0 cm³/mol. The first kappa shape index (κ1) is 14.8. The molecule has 2 nitrogen and oxygen atoms in total. The van der Waals surface area contributed by atoms with Gasteiger partial charge in [-0.25, -0.2) is 4.39 Å². The molecule has 1 aromatic rings. The number of nitrogens with zero attached hydrogens (tertiary/aromatic N) is 1. The summed E-state index contributed by atoms with van der Waals surface area (Å²) in [5, 5.41) is 3.46. The first-order valence-corrected chi connectivity index (χ1v) is 7.31. The van der Waals surface area contributed by atoms with Crippen molar-refractivity contribution in [3.8, 4) is 0 Å². The van der Waals surface area contributed by atoms with E-state index in [0.717, 1.165) is 25.1 Å². The topological polar surface area (TPSA) is 15.3 Å². The molecular weight excluding hydrogens is 263 g/mol. The lowest BCUT2D eigenvalue weighted by atomic mass is 9.89. The van der Waals surface area contributed by atoms with Crippen LogP contribution in [0.3, 0.4) is 0 Å². The Hall–Kier alpha value is -0.640. The molecule has 0 bridgehead atoms. The molecule has 1 aromatic carbocycles. The number of benzene rings is 1. The summed E-state index contributed by atoms with van der Waals surface area (Å²) in [5.74, 6) is 0.162. The fraction of sp³-hybridized carbons (Fsp3) is 0.600. The van der Waals surface area contributed by atoms with Gasteiger partial charge in [-0.15, -0.1) is 0 Å². The average molecular weight is 285 g/mol. The fourth-order valence-electron chi connectivity index (χ4n) is 3.14. The van der Waals surface area contributed by atoms with E-state index in [2.05, 4.69) is 17.3 Å². The molecule has 2 rings (SSSR count). The Morgan fingerprint density at radius 2 is 2.21 bits per heavy atom. The highest BCUT2D eigenvalue weighted by Gasteiger charge is 2.30. The lowest BCUT2D eigenvalue weighted by Gasteiger charge is -2.33. The monoisotopic (exact) mass is 284 g/mol. The Labute approximate surface area is 119 Å². The van der Waals surface area contributed by atoms with Crippen LogP contribution < -0.4 is 5.32 Å². The first-order chi connectivity index (χ1) is 9.15. The van der Waals surface area contributed by atoms with Gasteiger partial charge in [0.15, 0.2) is 0 Å². The minimum Gasteiger partial charge on any atom is -0.319 e. The SMILES string of the molecule is CNCC1CCCCN(C)C1c1cccc(Cl)c1F. The van der Waals surface area contributed by atoms with Crippen LogP contribution in [0, 0.1) is 11.7 Å². The molecule has 2 unspecified atom stereocenters. The Balaban J connectivity index is 2.37. The standard InChI is InChI=1S/C15H22ClFN2/c1-18-10-11-6-3-4-9-19(2)15(11)12-7-5-8-13(16)14(12)17/h5,7-8,11,15,18H,3-4,6,9-10H2,1-2H3. The highest BCUT2D eigenvalue weighted by molar-refractivity contribution is 6.30. The molecule has 4 heteroatoms. The molecule has 0 aromatic heterocycles. The van der Waals surface area contributed by atoms with E-state index in [1.807, 2.05) is 19.2 Å². The molecule has 106 valence electrons. The molecular formula is C15H22ClFN2. The zero-order valence-corrected chi connectivity index (χ0v) is 12.4. The number of rotatable bonds is 3. The van der Waals surface area contributed by atoms with Crippen LogP contribution in [0.15, 0.2) is 18.2 Å². The van der Waals surface area contributed by atoms with E-state index in [4.69, 9.17) is 11.6 Å². The van der Waals surface area contributed by atoms with Crippen LogP contribution in [-0.2, 0) is 0 Å². The minimum absolute atomic E-state index is 0.105. The van der Waals surface area contributed by atoms with Crippen molar-refractivity contribution >= 4 is 11.6 Å². The molecule has 1 aliphatic heterocycles. The first-order valence-electron chi connectivity index (χ1n) is 6.94. The molecule has 0 spiro atoms. The van der Waals surface area contributed by atoms with Crippen molar-refractivity contribution in [2.75, 3.05) is 27.2 Å². The van der Waals surface area contributed by atoms with Gasteiger partial charge in [-0.2, -0.15) is 0 Å². The van der Waals surface area contributed by atoms with Crippen molar-refractivity contribution in [2.45, 2.75) is 25.3 Å². The maximum atomic E-state index is 14.3. The normalized spacial score (nSPS) is 25.3. The molecule has 0 radical (unpaired) electrons. The molecule has 19 heavy (non-hydrogen) atoms. The second-order valence-corrected chi connectivity index (χ2v) is 5.79. The largest absolute Gasteiger partial charge is 0.319 e. The van der Waals surface area contributed by atoms with Crippen LogP contribution >= 0.6 is 11.6 Å². The summed E-state index contributed by atoms with van der Waals surface area (Å²) >= 11 is 5.94. The lowest BCUT2D eigenvalue weighted by Crippen LogP contribution is -2.34. The van der Waals surface area contributed by atoms with E-state index >= 15 is 0 Å². The second kappa shape index (κ2) is 6.69. The van der Waals surface area contributed by atoms with Gasteiger partial charge in [0, 0.05) is 11.6 Å². The molecule has 1 aliphatic rings. The quantitative estimate of drug-likeness (QED) is 0.914. The van der Waals surface area contributed by atoms with Crippen LogP contribution in [-0.4, -0.2) is 32.1 Å². The number of nitrogens with one attached hydrogen (secondary N) is 1. The van der Waals surface area contributed by atoms with Gasteiger partial charge in [-0.1, -0.05) is 30.2 Å². The molecule has 1 saturated heterocycles. The molecule has 0 saturated carbocycles. The fourth-order valence-corrected chi connectivity index (χ4v) is 3.32. The second-order valence-electron chi connectivity index (χ2n) is 5.38. The number of halogens is 2. The number of hydrogen-bond acceptors (Lipinski definition) is 2. The summed E-state index contributed by atoms with van der Waals surface area (Å²) < 4.78 is 14.3. The number of likely N-dealkylation sites (tertiary alicyclic amines) is 1. The van der Waals surface area contributed by atoms with Gasteiger partial charge in [-0.05, 0) is 52.0 Å². The van der Waals surface area contributed by atoms with Gasteiger partial charge in [0.2, 0.25) is 0 Å². The van der Waals surface area contributed by atoms with E-state index in [9.17, 15) is 4.39 Å². The Bertz CT molecular complexity index is 425. The van der Waals surface area contributed by atoms with Gasteiger partial charge in [0.05, 0.1) is 5.02 Å². The van der Waals surface area contributed by atoms with Gasteiger partial charge >= 0.3 is 0 Å².